The predicted molar refractivity (Wildman–Crippen MR) is 116 cm³/mol. The van der Waals surface area contributed by atoms with Crippen LogP contribution in [0.25, 0.3) is 27.6 Å². The van der Waals surface area contributed by atoms with Gasteiger partial charge in [-0.15, -0.1) is 0 Å². The van der Waals surface area contributed by atoms with Crippen molar-refractivity contribution in [1.82, 2.24) is 14.9 Å². The van der Waals surface area contributed by atoms with Crippen LogP contribution in [-0.4, -0.2) is 47.2 Å². The fourth-order valence-corrected chi connectivity index (χ4v) is 4.53. The normalized spacial score (nSPS) is 19.2. The van der Waals surface area contributed by atoms with E-state index in [-0.39, 0.29) is 11.9 Å². The van der Waals surface area contributed by atoms with Crippen molar-refractivity contribution in [2.45, 2.75) is 19.4 Å². The summed E-state index contributed by atoms with van der Waals surface area (Å²) in [5.41, 5.74) is 4.72. The van der Waals surface area contributed by atoms with E-state index in [1.54, 1.807) is 12.1 Å². The van der Waals surface area contributed by atoms with Crippen LogP contribution in [0.15, 0.2) is 47.0 Å². The van der Waals surface area contributed by atoms with Gasteiger partial charge in [-0.25, -0.2) is 9.37 Å². The summed E-state index contributed by atoms with van der Waals surface area (Å²) in [5, 5.41) is 0.937. The zero-order chi connectivity index (χ0) is 20.9. The van der Waals surface area contributed by atoms with Crippen molar-refractivity contribution in [3.05, 3.63) is 59.9 Å². The van der Waals surface area contributed by atoms with Crippen molar-refractivity contribution >= 4 is 27.6 Å². The maximum atomic E-state index is 13.7. The van der Waals surface area contributed by atoms with E-state index in [1.807, 2.05) is 25.3 Å². The van der Waals surface area contributed by atoms with Gasteiger partial charge in [0.1, 0.15) is 24.0 Å². The molecule has 2 aliphatic heterocycles. The summed E-state index contributed by atoms with van der Waals surface area (Å²) >= 11 is 0. The Labute approximate surface area is 178 Å². The van der Waals surface area contributed by atoms with E-state index in [4.69, 9.17) is 13.9 Å². The minimum atomic E-state index is -0.211. The third kappa shape index (κ3) is 3.25. The average molecular weight is 419 g/mol. The Morgan fingerprint density at radius 2 is 2.19 bits per heavy atom. The van der Waals surface area contributed by atoms with E-state index in [9.17, 15) is 4.39 Å². The van der Waals surface area contributed by atoms with Crippen LogP contribution in [0.4, 0.5) is 4.39 Å². The van der Waals surface area contributed by atoms with Gasteiger partial charge in [0, 0.05) is 49.2 Å². The zero-order valence-electron chi connectivity index (χ0n) is 17.2. The number of nitrogens with zero attached hydrogens (tertiary/aromatic N) is 2. The monoisotopic (exact) mass is 419 g/mol. The van der Waals surface area contributed by atoms with Gasteiger partial charge >= 0.3 is 0 Å². The SMILES string of the molecule is Cc1nc2ccc3c(c2o1)OC(CN1CC=C(c2c[nH]c4ccc(F)cc24)CC1)CO3. The highest BCUT2D eigenvalue weighted by molar-refractivity contribution is 5.92. The van der Waals surface area contributed by atoms with Gasteiger partial charge in [-0.1, -0.05) is 6.08 Å². The third-order valence-electron chi connectivity index (χ3n) is 6.04. The number of hydrogen-bond acceptors (Lipinski definition) is 5. The molecule has 0 amide bonds. The van der Waals surface area contributed by atoms with E-state index in [2.05, 4.69) is 20.9 Å². The Bertz CT molecular complexity index is 1320. The molecule has 1 N–H and O–H groups in total. The first-order chi connectivity index (χ1) is 15.1. The number of rotatable bonds is 3. The lowest BCUT2D eigenvalue weighted by Gasteiger charge is -2.32. The van der Waals surface area contributed by atoms with Gasteiger partial charge in [0.15, 0.2) is 11.6 Å². The largest absolute Gasteiger partial charge is 0.486 e. The van der Waals surface area contributed by atoms with Crippen LogP contribution in [-0.2, 0) is 0 Å². The highest BCUT2D eigenvalue weighted by Crippen LogP contribution is 2.39. The van der Waals surface area contributed by atoms with E-state index < -0.39 is 0 Å². The first-order valence-electron chi connectivity index (χ1n) is 10.5. The van der Waals surface area contributed by atoms with Gasteiger partial charge in [-0.3, -0.25) is 4.90 Å². The van der Waals surface area contributed by atoms with Crippen molar-refractivity contribution in [2.75, 3.05) is 26.2 Å². The molecule has 6 rings (SSSR count). The lowest BCUT2D eigenvalue weighted by atomic mass is 9.98. The molecule has 2 aliphatic rings. The minimum absolute atomic E-state index is 0.0827. The lowest BCUT2D eigenvalue weighted by molar-refractivity contribution is 0.0621. The second-order valence-electron chi connectivity index (χ2n) is 8.16. The van der Waals surface area contributed by atoms with Crippen LogP contribution < -0.4 is 9.47 Å². The van der Waals surface area contributed by atoms with E-state index >= 15 is 0 Å². The first-order valence-corrected chi connectivity index (χ1v) is 10.5. The summed E-state index contributed by atoms with van der Waals surface area (Å²) in [4.78, 5) is 9.97. The zero-order valence-corrected chi connectivity index (χ0v) is 17.2. The van der Waals surface area contributed by atoms with Crippen molar-refractivity contribution in [1.29, 1.82) is 0 Å². The third-order valence-corrected chi connectivity index (χ3v) is 6.04. The Hall–Kier alpha value is -3.32. The second kappa shape index (κ2) is 7.13. The summed E-state index contributed by atoms with van der Waals surface area (Å²) < 4.78 is 31.6. The van der Waals surface area contributed by atoms with Gasteiger partial charge in [-0.2, -0.15) is 0 Å². The molecule has 4 heterocycles. The van der Waals surface area contributed by atoms with Crippen molar-refractivity contribution in [3.8, 4) is 11.5 Å². The molecule has 0 saturated heterocycles. The summed E-state index contributed by atoms with van der Waals surface area (Å²) in [6.07, 6.45) is 5.03. The molecule has 6 nitrogen and oxygen atoms in total. The van der Waals surface area contributed by atoms with Gasteiger partial charge in [0.2, 0.25) is 11.3 Å². The van der Waals surface area contributed by atoms with Gasteiger partial charge in [0.25, 0.3) is 0 Å². The molecule has 1 atom stereocenters. The molecule has 0 bridgehead atoms. The summed E-state index contributed by atoms with van der Waals surface area (Å²) in [7, 11) is 0. The summed E-state index contributed by atoms with van der Waals surface area (Å²) in [6, 6.07) is 8.65. The predicted octanol–water partition coefficient (Wildman–Crippen LogP) is 4.69. The number of halogens is 1. The van der Waals surface area contributed by atoms with E-state index in [1.165, 1.54) is 11.6 Å². The average Bonchev–Trinajstić information content (AvgIpc) is 3.37. The molecule has 0 aliphatic carbocycles. The highest BCUT2D eigenvalue weighted by Gasteiger charge is 2.28. The molecular formula is C24H22FN3O3. The number of nitrogens with one attached hydrogen (secondary N) is 1. The van der Waals surface area contributed by atoms with Crippen LogP contribution in [0.1, 0.15) is 17.9 Å². The van der Waals surface area contributed by atoms with Crippen LogP contribution in [0, 0.1) is 12.7 Å². The molecular weight excluding hydrogens is 397 g/mol. The summed E-state index contributed by atoms with van der Waals surface area (Å²) in [6.45, 7) is 4.81. The number of fused-ring (bicyclic) bond motifs is 4. The first kappa shape index (κ1) is 18.4. The lowest BCUT2D eigenvalue weighted by Crippen LogP contribution is -2.42. The van der Waals surface area contributed by atoms with E-state index in [0.29, 0.717) is 29.6 Å². The summed E-state index contributed by atoms with van der Waals surface area (Å²) in [5.74, 6) is 1.74. The number of H-pyrrole nitrogens is 1. The minimum Gasteiger partial charge on any atom is -0.486 e. The molecule has 2 aromatic carbocycles. The van der Waals surface area contributed by atoms with E-state index in [0.717, 1.165) is 48.0 Å². The fraction of sp³-hybridized carbons (Fsp3) is 0.292. The Balaban J connectivity index is 1.17. The number of benzene rings is 2. The number of aromatic amines is 1. The molecule has 0 radical (unpaired) electrons. The number of oxazole rings is 1. The smallest absolute Gasteiger partial charge is 0.207 e. The van der Waals surface area contributed by atoms with Crippen LogP contribution >= 0.6 is 0 Å². The molecule has 1 unspecified atom stereocenters. The maximum absolute atomic E-state index is 13.7. The van der Waals surface area contributed by atoms with Crippen LogP contribution in [0.5, 0.6) is 11.5 Å². The Morgan fingerprint density at radius 3 is 3.06 bits per heavy atom. The number of aryl methyl sites for hydroxylation is 1. The molecule has 2 aromatic heterocycles. The topological polar surface area (TPSA) is 63.5 Å². The van der Waals surface area contributed by atoms with Gasteiger partial charge in [-0.05, 0) is 42.3 Å². The number of hydrogen-bond donors (Lipinski definition) is 1. The quantitative estimate of drug-likeness (QED) is 0.522. The number of ether oxygens (including phenoxy) is 2. The van der Waals surface area contributed by atoms with Gasteiger partial charge in [0.05, 0.1) is 0 Å². The molecule has 0 spiro atoms. The molecule has 7 heteroatoms. The maximum Gasteiger partial charge on any atom is 0.207 e. The van der Waals surface area contributed by atoms with Crippen molar-refractivity contribution in [3.63, 3.8) is 0 Å². The Kier molecular flexibility index (Phi) is 4.24. The highest BCUT2D eigenvalue weighted by atomic mass is 19.1. The van der Waals surface area contributed by atoms with Crippen LogP contribution in [0.3, 0.4) is 0 Å². The molecule has 0 saturated carbocycles. The molecule has 4 aromatic rings. The Morgan fingerprint density at radius 1 is 1.26 bits per heavy atom. The number of aromatic nitrogens is 2. The van der Waals surface area contributed by atoms with Gasteiger partial charge < -0.3 is 18.9 Å². The second-order valence-corrected chi connectivity index (χ2v) is 8.16. The fourth-order valence-electron chi connectivity index (χ4n) is 4.53. The molecule has 31 heavy (non-hydrogen) atoms. The standard InChI is InChI=1S/C24H22FN3O3/c1-14-27-21-4-5-22-24(23(21)30-14)31-17(13-29-22)12-28-8-6-15(7-9-28)19-11-26-20-3-2-16(25)10-18(19)20/h2-6,10-11,17,26H,7-9,12-13H2,1H3. The molecule has 158 valence electrons. The van der Waals surface area contributed by atoms with Crippen molar-refractivity contribution in [2.24, 2.45) is 0 Å². The molecule has 0 fully saturated rings. The van der Waals surface area contributed by atoms with Crippen LogP contribution in [0.2, 0.25) is 0 Å². The van der Waals surface area contributed by atoms with Crippen molar-refractivity contribution < 1.29 is 18.3 Å².